The van der Waals surface area contributed by atoms with Crippen LogP contribution in [0, 0.1) is 6.92 Å². The first-order valence-electron chi connectivity index (χ1n) is 11.9. The van der Waals surface area contributed by atoms with E-state index in [1.165, 1.54) is 11.1 Å². The van der Waals surface area contributed by atoms with E-state index in [1.807, 2.05) is 29.5 Å². The van der Waals surface area contributed by atoms with Gasteiger partial charge in [-0.1, -0.05) is 26.0 Å². The lowest BCUT2D eigenvalue weighted by Gasteiger charge is -2.38. The fourth-order valence-electron chi connectivity index (χ4n) is 4.45. The van der Waals surface area contributed by atoms with E-state index in [9.17, 15) is 4.79 Å². The van der Waals surface area contributed by atoms with E-state index >= 15 is 0 Å². The number of nitrogens with zero attached hydrogens (tertiary/aromatic N) is 5. The number of pyridine rings is 2. The molecule has 0 radical (unpaired) electrons. The molecule has 0 bridgehead atoms. The maximum absolute atomic E-state index is 12.3. The van der Waals surface area contributed by atoms with Gasteiger partial charge in [0.05, 0.1) is 11.4 Å². The number of urea groups is 1. The van der Waals surface area contributed by atoms with Gasteiger partial charge in [0.25, 0.3) is 0 Å². The number of aromatic nitrogens is 4. The Hall–Kier alpha value is -3.30. The van der Waals surface area contributed by atoms with E-state index in [2.05, 4.69) is 63.5 Å². The third-order valence-corrected chi connectivity index (χ3v) is 6.34. The molecule has 1 saturated heterocycles. The second-order valence-electron chi connectivity index (χ2n) is 9.09. The Kier molecular flexibility index (Phi) is 7.87. The van der Waals surface area contributed by atoms with E-state index in [0.717, 1.165) is 50.4 Å². The number of aryl methyl sites for hydroxylation is 1. The highest BCUT2D eigenvalue weighted by molar-refractivity contribution is 5.86. The van der Waals surface area contributed by atoms with Gasteiger partial charge in [-0.25, -0.2) is 14.8 Å². The standard InChI is InChI=1S/C25H34N8O/c1-18(2)21-7-5-11-27-23(21)17-32(16-22-19(3)6-4-10-26-22)20-8-14-33(15-9-20)31-25(34)30-24-28-12-13-29-24/h4-7,10-13,18,20H,8-9,14-17H2,1-3H3,(H3,28,29,30,31,34). The van der Waals surface area contributed by atoms with E-state index in [4.69, 9.17) is 4.98 Å². The molecule has 3 aromatic rings. The Morgan fingerprint density at radius 3 is 2.47 bits per heavy atom. The smallest absolute Gasteiger partial charge is 0.331 e. The van der Waals surface area contributed by atoms with E-state index in [1.54, 1.807) is 12.4 Å². The minimum absolute atomic E-state index is 0.288. The molecule has 9 heteroatoms. The van der Waals surface area contributed by atoms with Crippen molar-refractivity contribution < 1.29 is 4.79 Å². The van der Waals surface area contributed by atoms with Crippen molar-refractivity contribution in [2.45, 2.75) is 58.7 Å². The van der Waals surface area contributed by atoms with Crippen molar-refractivity contribution in [3.05, 3.63) is 71.6 Å². The molecule has 1 aliphatic heterocycles. The van der Waals surface area contributed by atoms with Crippen LogP contribution in [0.25, 0.3) is 0 Å². The average molecular weight is 463 g/mol. The van der Waals surface area contributed by atoms with Crippen molar-refractivity contribution in [2.75, 3.05) is 18.4 Å². The van der Waals surface area contributed by atoms with Gasteiger partial charge in [-0.05, 0) is 48.9 Å². The Morgan fingerprint density at radius 2 is 1.79 bits per heavy atom. The topological polar surface area (TPSA) is 102 Å². The van der Waals surface area contributed by atoms with Crippen LogP contribution in [-0.2, 0) is 13.1 Å². The number of H-pyrrole nitrogens is 1. The lowest BCUT2D eigenvalue weighted by molar-refractivity contribution is 0.0762. The molecule has 0 unspecified atom stereocenters. The maximum atomic E-state index is 12.3. The first-order chi connectivity index (χ1) is 16.5. The molecule has 4 heterocycles. The van der Waals surface area contributed by atoms with Gasteiger partial charge in [-0.3, -0.25) is 25.6 Å². The highest BCUT2D eigenvalue weighted by Crippen LogP contribution is 2.24. The number of hydrazine groups is 1. The van der Waals surface area contributed by atoms with Gasteiger partial charge in [0.2, 0.25) is 5.95 Å². The lowest BCUT2D eigenvalue weighted by atomic mass is 9.99. The Labute approximate surface area is 201 Å². The number of aromatic amines is 1. The number of rotatable bonds is 8. The Bertz CT molecular complexity index is 1060. The highest BCUT2D eigenvalue weighted by atomic mass is 16.2. The zero-order valence-corrected chi connectivity index (χ0v) is 20.2. The van der Waals surface area contributed by atoms with Gasteiger partial charge in [0.1, 0.15) is 0 Å². The molecular formula is C25H34N8O. The Balaban J connectivity index is 1.43. The fraction of sp³-hybridized carbons (Fsp3) is 0.440. The van der Waals surface area contributed by atoms with Crippen LogP contribution in [-0.4, -0.2) is 55.0 Å². The van der Waals surface area contributed by atoms with Crippen molar-refractivity contribution in [3.63, 3.8) is 0 Å². The predicted molar refractivity (Wildman–Crippen MR) is 132 cm³/mol. The van der Waals surface area contributed by atoms with Gasteiger partial charge < -0.3 is 4.98 Å². The molecule has 0 aromatic carbocycles. The summed E-state index contributed by atoms with van der Waals surface area (Å²) in [6.07, 6.45) is 8.91. The van der Waals surface area contributed by atoms with E-state index < -0.39 is 0 Å². The number of hydrogen-bond acceptors (Lipinski definition) is 6. The second-order valence-corrected chi connectivity index (χ2v) is 9.09. The maximum Gasteiger partial charge on any atom is 0.336 e. The molecule has 0 spiro atoms. The SMILES string of the molecule is Cc1cccnc1CN(Cc1ncccc1C(C)C)C1CCN(NC(=O)Nc2ncc[nH]2)CC1. The molecule has 34 heavy (non-hydrogen) atoms. The minimum Gasteiger partial charge on any atom is -0.331 e. The van der Waals surface area contributed by atoms with E-state index in [-0.39, 0.29) is 6.03 Å². The zero-order chi connectivity index (χ0) is 23.9. The number of carbonyl (C=O) groups excluding carboxylic acids is 1. The van der Waals surface area contributed by atoms with Gasteiger partial charge in [-0.2, -0.15) is 0 Å². The molecular weight excluding hydrogens is 428 g/mol. The molecule has 0 atom stereocenters. The monoisotopic (exact) mass is 462 g/mol. The molecule has 0 saturated carbocycles. The highest BCUT2D eigenvalue weighted by Gasteiger charge is 2.27. The molecule has 2 amide bonds. The first kappa shape index (κ1) is 23.8. The summed E-state index contributed by atoms with van der Waals surface area (Å²) in [5.41, 5.74) is 7.65. The summed E-state index contributed by atoms with van der Waals surface area (Å²) < 4.78 is 0. The number of anilines is 1. The van der Waals surface area contributed by atoms with Crippen LogP contribution in [0.4, 0.5) is 10.7 Å². The van der Waals surface area contributed by atoms with Crippen molar-refractivity contribution in [1.29, 1.82) is 0 Å². The summed E-state index contributed by atoms with van der Waals surface area (Å²) in [7, 11) is 0. The van der Waals surface area contributed by atoms with Crippen molar-refractivity contribution in [1.82, 2.24) is 35.3 Å². The molecule has 1 fully saturated rings. The summed E-state index contributed by atoms with van der Waals surface area (Å²) >= 11 is 0. The summed E-state index contributed by atoms with van der Waals surface area (Å²) in [5, 5.41) is 4.68. The largest absolute Gasteiger partial charge is 0.336 e. The van der Waals surface area contributed by atoms with E-state index in [0.29, 0.717) is 17.9 Å². The van der Waals surface area contributed by atoms with Gasteiger partial charge in [0.15, 0.2) is 0 Å². The molecule has 4 rings (SSSR count). The van der Waals surface area contributed by atoms with Crippen molar-refractivity contribution >= 4 is 12.0 Å². The molecule has 180 valence electrons. The van der Waals surface area contributed by atoms with Crippen LogP contribution < -0.4 is 10.7 Å². The molecule has 1 aliphatic rings. The van der Waals surface area contributed by atoms with Crippen molar-refractivity contribution in [3.8, 4) is 0 Å². The third-order valence-electron chi connectivity index (χ3n) is 6.34. The summed E-state index contributed by atoms with van der Waals surface area (Å²) in [6.45, 7) is 9.64. The zero-order valence-electron chi connectivity index (χ0n) is 20.2. The number of carbonyl (C=O) groups is 1. The lowest BCUT2D eigenvalue weighted by Crippen LogP contribution is -2.52. The third kappa shape index (κ3) is 6.18. The molecule has 9 nitrogen and oxygen atoms in total. The van der Waals surface area contributed by atoms with Crippen LogP contribution in [0.2, 0.25) is 0 Å². The number of hydrogen-bond donors (Lipinski definition) is 3. The number of nitrogens with one attached hydrogen (secondary N) is 3. The van der Waals surface area contributed by atoms with Gasteiger partial charge in [-0.15, -0.1) is 0 Å². The van der Waals surface area contributed by atoms with Crippen LogP contribution in [0.15, 0.2) is 49.1 Å². The molecule has 0 aliphatic carbocycles. The van der Waals surface area contributed by atoms with Crippen LogP contribution >= 0.6 is 0 Å². The second kappa shape index (κ2) is 11.2. The quantitative estimate of drug-likeness (QED) is 0.470. The van der Waals surface area contributed by atoms with Crippen molar-refractivity contribution in [2.24, 2.45) is 0 Å². The summed E-state index contributed by atoms with van der Waals surface area (Å²) in [6, 6.07) is 8.38. The number of piperidine rings is 1. The number of amides is 2. The number of imidazole rings is 1. The van der Waals surface area contributed by atoms with Crippen LogP contribution in [0.1, 0.15) is 55.1 Å². The van der Waals surface area contributed by atoms with Crippen LogP contribution in [0.5, 0.6) is 0 Å². The van der Waals surface area contributed by atoms with Gasteiger partial charge in [0, 0.05) is 57.0 Å². The normalized spacial score (nSPS) is 15.1. The molecule has 3 N–H and O–H groups in total. The minimum atomic E-state index is -0.288. The summed E-state index contributed by atoms with van der Waals surface area (Å²) in [5.74, 6) is 0.849. The first-order valence-corrected chi connectivity index (χ1v) is 11.9. The molecule has 3 aromatic heterocycles. The predicted octanol–water partition coefficient (Wildman–Crippen LogP) is 3.83. The summed E-state index contributed by atoms with van der Waals surface area (Å²) in [4.78, 5) is 31.1. The fourth-order valence-corrected chi connectivity index (χ4v) is 4.45. The van der Waals surface area contributed by atoms with Crippen LogP contribution in [0.3, 0.4) is 0 Å². The van der Waals surface area contributed by atoms with Gasteiger partial charge >= 0.3 is 6.03 Å². The Morgan fingerprint density at radius 1 is 1.09 bits per heavy atom. The average Bonchev–Trinajstić information content (AvgIpc) is 3.33.